The molecule has 0 aliphatic carbocycles. The van der Waals surface area contributed by atoms with E-state index in [0.29, 0.717) is 12.1 Å². The molecule has 1 atom stereocenters. The van der Waals surface area contributed by atoms with Gasteiger partial charge in [-0.05, 0) is 40.1 Å². The van der Waals surface area contributed by atoms with Crippen LogP contribution in [0.4, 0.5) is 0 Å². The van der Waals surface area contributed by atoms with Crippen LogP contribution in [-0.4, -0.2) is 44.0 Å². The van der Waals surface area contributed by atoms with E-state index in [0.717, 1.165) is 11.1 Å². The molecular formula is C16H23N3O. The summed E-state index contributed by atoms with van der Waals surface area (Å²) in [5.74, 6) is 5.64. The number of nitrogens with one attached hydrogen (secondary N) is 1. The molecule has 1 aromatic carbocycles. The second kappa shape index (κ2) is 7.68. The number of rotatable bonds is 4. The molecule has 0 aliphatic heterocycles. The minimum atomic E-state index is -0.0938. The molecule has 3 N–H and O–H groups in total. The fraction of sp³-hybridized carbons (Fsp3) is 0.438. The van der Waals surface area contributed by atoms with Crippen LogP contribution in [0.1, 0.15) is 28.4 Å². The smallest absolute Gasteiger partial charge is 0.252 e. The van der Waals surface area contributed by atoms with Crippen molar-refractivity contribution in [3.8, 4) is 11.8 Å². The Hall–Kier alpha value is -1.83. The molecule has 1 unspecified atom stereocenters. The van der Waals surface area contributed by atoms with Crippen LogP contribution < -0.4 is 11.1 Å². The quantitative estimate of drug-likeness (QED) is 0.804. The predicted molar refractivity (Wildman–Crippen MR) is 82.6 cm³/mol. The Morgan fingerprint density at radius 1 is 1.45 bits per heavy atom. The molecule has 0 aromatic heterocycles. The molecule has 0 bridgehead atoms. The number of aryl methyl sites for hydroxylation is 1. The lowest BCUT2D eigenvalue weighted by Gasteiger charge is -2.20. The summed E-state index contributed by atoms with van der Waals surface area (Å²) in [4.78, 5) is 14.3. The normalized spacial score (nSPS) is 11.7. The largest absolute Gasteiger partial charge is 0.350 e. The van der Waals surface area contributed by atoms with Crippen molar-refractivity contribution in [2.45, 2.75) is 19.9 Å². The van der Waals surface area contributed by atoms with Crippen molar-refractivity contribution in [1.82, 2.24) is 10.2 Å². The molecule has 0 heterocycles. The Bertz CT molecular complexity index is 526. The van der Waals surface area contributed by atoms with Gasteiger partial charge in [-0.2, -0.15) is 0 Å². The Morgan fingerprint density at radius 3 is 2.75 bits per heavy atom. The molecule has 4 heteroatoms. The van der Waals surface area contributed by atoms with Gasteiger partial charge in [-0.3, -0.25) is 4.79 Å². The lowest BCUT2D eigenvalue weighted by Crippen LogP contribution is -2.38. The minimum absolute atomic E-state index is 0.0938. The summed E-state index contributed by atoms with van der Waals surface area (Å²) in [7, 11) is 3.98. The maximum absolute atomic E-state index is 12.3. The van der Waals surface area contributed by atoms with Crippen molar-refractivity contribution in [2.24, 2.45) is 5.73 Å². The molecule has 0 spiro atoms. The van der Waals surface area contributed by atoms with Gasteiger partial charge in [0, 0.05) is 18.2 Å². The number of hydrogen-bond acceptors (Lipinski definition) is 3. The molecule has 108 valence electrons. The van der Waals surface area contributed by atoms with Crippen molar-refractivity contribution in [3.63, 3.8) is 0 Å². The van der Waals surface area contributed by atoms with E-state index in [1.165, 1.54) is 0 Å². The Morgan fingerprint density at radius 2 is 2.15 bits per heavy atom. The monoisotopic (exact) mass is 273 g/mol. The lowest BCUT2D eigenvalue weighted by atomic mass is 10.0. The van der Waals surface area contributed by atoms with Crippen LogP contribution in [0.3, 0.4) is 0 Å². The van der Waals surface area contributed by atoms with Crippen molar-refractivity contribution in [1.29, 1.82) is 0 Å². The number of carbonyl (C=O) groups is 1. The van der Waals surface area contributed by atoms with Crippen molar-refractivity contribution < 1.29 is 4.79 Å². The predicted octanol–water partition coefficient (Wildman–Crippen LogP) is 0.985. The molecule has 1 amide bonds. The topological polar surface area (TPSA) is 58.4 Å². The maximum atomic E-state index is 12.3. The SMILES string of the molecule is Cc1ccc(C#CCN)c(C(=O)NCC(C)N(C)C)c1. The first-order valence-electron chi connectivity index (χ1n) is 6.70. The first-order chi connectivity index (χ1) is 9.45. The summed E-state index contributed by atoms with van der Waals surface area (Å²) < 4.78 is 0. The van der Waals surface area contributed by atoms with Crippen molar-refractivity contribution in [3.05, 3.63) is 34.9 Å². The first-order valence-corrected chi connectivity index (χ1v) is 6.70. The summed E-state index contributed by atoms with van der Waals surface area (Å²) in [6.45, 7) is 4.90. The van der Waals surface area contributed by atoms with Crippen LogP contribution in [0.25, 0.3) is 0 Å². The summed E-state index contributed by atoms with van der Waals surface area (Å²) in [6, 6.07) is 5.94. The molecule has 0 fully saturated rings. The number of nitrogens with two attached hydrogens (primary N) is 1. The van der Waals surface area contributed by atoms with Crippen LogP contribution in [0.5, 0.6) is 0 Å². The van der Waals surface area contributed by atoms with Crippen LogP contribution in [0.15, 0.2) is 18.2 Å². The fourth-order valence-corrected chi connectivity index (χ4v) is 1.62. The number of nitrogens with zero attached hydrogens (tertiary/aromatic N) is 1. The van der Waals surface area contributed by atoms with Gasteiger partial charge >= 0.3 is 0 Å². The lowest BCUT2D eigenvalue weighted by molar-refractivity contribution is 0.0943. The first kappa shape index (κ1) is 16.2. The van der Waals surface area contributed by atoms with E-state index in [4.69, 9.17) is 5.73 Å². The number of hydrogen-bond donors (Lipinski definition) is 2. The van der Waals surface area contributed by atoms with Gasteiger partial charge in [0.05, 0.1) is 12.1 Å². The molecule has 20 heavy (non-hydrogen) atoms. The van der Waals surface area contributed by atoms with E-state index in [2.05, 4.69) is 29.0 Å². The number of likely N-dealkylation sites (N-methyl/N-ethyl adjacent to an activating group) is 1. The molecule has 0 saturated heterocycles. The van der Waals surface area contributed by atoms with Crippen LogP contribution in [0.2, 0.25) is 0 Å². The van der Waals surface area contributed by atoms with Gasteiger partial charge in [0.15, 0.2) is 0 Å². The van der Waals surface area contributed by atoms with Gasteiger partial charge in [0.1, 0.15) is 0 Å². The molecule has 1 aromatic rings. The average Bonchev–Trinajstić information content (AvgIpc) is 2.42. The van der Waals surface area contributed by atoms with Gasteiger partial charge in [-0.1, -0.05) is 23.5 Å². The van der Waals surface area contributed by atoms with Crippen LogP contribution in [0, 0.1) is 18.8 Å². The molecule has 0 aliphatic rings. The minimum Gasteiger partial charge on any atom is -0.350 e. The van der Waals surface area contributed by atoms with E-state index in [1.54, 1.807) is 0 Å². The van der Waals surface area contributed by atoms with Crippen molar-refractivity contribution >= 4 is 5.91 Å². The van der Waals surface area contributed by atoms with E-state index in [-0.39, 0.29) is 18.5 Å². The zero-order valence-electron chi connectivity index (χ0n) is 12.7. The highest BCUT2D eigenvalue weighted by Crippen LogP contribution is 2.11. The zero-order valence-corrected chi connectivity index (χ0v) is 12.7. The summed E-state index contributed by atoms with van der Waals surface area (Å²) in [5.41, 5.74) is 7.75. The van der Waals surface area contributed by atoms with E-state index in [9.17, 15) is 4.79 Å². The van der Waals surface area contributed by atoms with Crippen LogP contribution >= 0.6 is 0 Å². The molecular weight excluding hydrogens is 250 g/mol. The third-order valence-electron chi connectivity index (χ3n) is 3.18. The number of amides is 1. The molecule has 0 saturated carbocycles. The second-order valence-electron chi connectivity index (χ2n) is 5.08. The van der Waals surface area contributed by atoms with Gasteiger partial charge in [-0.15, -0.1) is 0 Å². The third kappa shape index (κ3) is 4.69. The Labute approximate surface area is 121 Å². The van der Waals surface area contributed by atoms with E-state index < -0.39 is 0 Å². The maximum Gasteiger partial charge on any atom is 0.252 e. The highest BCUT2D eigenvalue weighted by molar-refractivity contribution is 5.97. The van der Waals surface area contributed by atoms with E-state index in [1.807, 2.05) is 39.2 Å². The number of carbonyl (C=O) groups excluding carboxylic acids is 1. The molecule has 1 rings (SSSR count). The highest BCUT2D eigenvalue weighted by Gasteiger charge is 2.12. The highest BCUT2D eigenvalue weighted by atomic mass is 16.1. The van der Waals surface area contributed by atoms with Crippen molar-refractivity contribution in [2.75, 3.05) is 27.2 Å². The van der Waals surface area contributed by atoms with E-state index >= 15 is 0 Å². The van der Waals surface area contributed by atoms with Gasteiger partial charge in [0.2, 0.25) is 0 Å². The summed E-state index contributed by atoms with van der Waals surface area (Å²) in [6.07, 6.45) is 0. The fourth-order valence-electron chi connectivity index (χ4n) is 1.62. The summed E-state index contributed by atoms with van der Waals surface area (Å²) in [5, 5.41) is 2.94. The molecule has 4 nitrogen and oxygen atoms in total. The third-order valence-corrected chi connectivity index (χ3v) is 3.18. The Kier molecular flexibility index (Phi) is 6.23. The summed E-state index contributed by atoms with van der Waals surface area (Å²) >= 11 is 0. The standard InChI is InChI=1S/C16H23N3O/c1-12-7-8-14(6-5-9-17)15(10-12)16(20)18-11-13(2)19(3)4/h7-8,10,13H,9,11,17H2,1-4H3,(H,18,20). The van der Waals surface area contributed by atoms with Gasteiger partial charge in [-0.25, -0.2) is 0 Å². The van der Waals surface area contributed by atoms with Crippen LogP contribution in [-0.2, 0) is 0 Å². The average molecular weight is 273 g/mol. The second-order valence-corrected chi connectivity index (χ2v) is 5.08. The van der Waals surface area contributed by atoms with Gasteiger partial charge in [0.25, 0.3) is 5.91 Å². The zero-order chi connectivity index (χ0) is 15.1. The Balaban J connectivity index is 2.88. The van der Waals surface area contributed by atoms with Gasteiger partial charge < -0.3 is 16.0 Å². The number of benzene rings is 1. The molecule has 0 radical (unpaired) electrons.